The van der Waals surface area contributed by atoms with E-state index < -0.39 is 0 Å². The Morgan fingerprint density at radius 1 is 0.708 bits per heavy atom. The third-order valence-corrected chi connectivity index (χ3v) is 3.72. The van der Waals surface area contributed by atoms with E-state index in [0.29, 0.717) is 19.1 Å². The second-order valence-corrected chi connectivity index (χ2v) is 5.87. The van der Waals surface area contributed by atoms with Gasteiger partial charge in [0.25, 0.3) is 0 Å². The number of benzene rings is 1. The van der Waals surface area contributed by atoms with Crippen LogP contribution in [0.3, 0.4) is 0 Å². The number of ether oxygens (including phenoxy) is 4. The number of unbranched alkanes of at least 4 members (excludes halogenated alkanes) is 1. The fraction of sp³-hybridized carbons (Fsp3) is 0.700. The lowest BCUT2D eigenvalue weighted by Gasteiger charge is -2.12. The van der Waals surface area contributed by atoms with Crippen LogP contribution in [0.4, 0.5) is 0 Å². The number of rotatable bonds is 16. The quantitative estimate of drug-likeness (QED) is 0.426. The summed E-state index contributed by atoms with van der Waals surface area (Å²) in [4.78, 5) is 0. The maximum atomic E-state index is 5.75. The highest BCUT2D eigenvalue weighted by Gasteiger charge is 2.04. The highest BCUT2D eigenvalue weighted by Crippen LogP contribution is 2.14. The first-order chi connectivity index (χ1) is 11.8. The molecule has 0 N–H and O–H groups in total. The molecule has 1 aromatic carbocycles. The fourth-order valence-corrected chi connectivity index (χ4v) is 2.28. The Bertz CT molecular complexity index is 369. The highest BCUT2D eigenvalue weighted by atomic mass is 16.5. The lowest BCUT2D eigenvalue weighted by Crippen LogP contribution is -2.08. The summed E-state index contributed by atoms with van der Waals surface area (Å²) in [6.07, 6.45) is 3.04. The first kappa shape index (κ1) is 21.1. The van der Waals surface area contributed by atoms with Crippen molar-refractivity contribution in [3.05, 3.63) is 35.9 Å². The zero-order chi connectivity index (χ0) is 17.3. The van der Waals surface area contributed by atoms with Gasteiger partial charge in [-0.05, 0) is 31.7 Å². The summed E-state index contributed by atoms with van der Waals surface area (Å²) in [7, 11) is 0. The topological polar surface area (TPSA) is 36.9 Å². The summed E-state index contributed by atoms with van der Waals surface area (Å²) in [5.74, 6) is 0.449. The molecule has 24 heavy (non-hydrogen) atoms. The predicted octanol–water partition coefficient (Wildman–Crippen LogP) is 4.05. The van der Waals surface area contributed by atoms with E-state index in [1.807, 2.05) is 13.0 Å². The summed E-state index contributed by atoms with van der Waals surface area (Å²) < 4.78 is 22.0. The second kappa shape index (κ2) is 15.6. The van der Waals surface area contributed by atoms with Crippen molar-refractivity contribution >= 4 is 0 Å². The molecule has 4 nitrogen and oxygen atoms in total. The molecule has 0 aliphatic heterocycles. The third kappa shape index (κ3) is 11.6. The molecule has 0 saturated heterocycles. The minimum atomic E-state index is 0.449. The van der Waals surface area contributed by atoms with Crippen LogP contribution in [-0.2, 0) is 18.9 Å². The molecule has 0 spiro atoms. The summed E-state index contributed by atoms with van der Waals surface area (Å²) in [5.41, 5.74) is 1.34. The Kier molecular flexibility index (Phi) is 13.7. The summed E-state index contributed by atoms with van der Waals surface area (Å²) >= 11 is 0. The Balaban J connectivity index is 1.79. The molecule has 1 aromatic rings. The highest BCUT2D eigenvalue weighted by molar-refractivity contribution is 5.18. The summed E-state index contributed by atoms with van der Waals surface area (Å²) in [6.45, 7) is 10.2. The van der Waals surface area contributed by atoms with Crippen LogP contribution in [0.1, 0.15) is 44.6 Å². The van der Waals surface area contributed by atoms with E-state index in [9.17, 15) is 0 Å². The van der Waals surface area contributed by atoms with Gasteiger partial charge < -0.3 is 18.9 Å². The van der Waals surface area contributed by atoms with Crippen molar-refractivity contribution in [2.75, 3.05) is 52.9 Å². The lowest BCUT2D eigenvalue weighted by molar-refractivity contribution is 0.0380. The van der Waals surface area contributed by atoms with Crippen LogP contribution >= 0.6 is 0 Å². The van der Waals surface area contributed by atoms with Crippen molar-refractivity contribution in [2.24, 2.45) is 0 Å². The predicted molar refractivity (Wildman–Crippen MR) is 97.7 cm³/mol. The molecule has 0 heterocycles. The largest absolute Gasteiger partial charge is 0.381 e. The number of hydrogen-bond donors (Lipinski definition) is 0. The molecular weight excluding hydrogens is 304 g/mol. The van der Waals surface area contributed by atoms with E-state index in [0.717, 1.165) is 58.9 Å². The van der Waals surface area contributed by atoms with Crippen molar-refractivity contribution in [1.29, 1.82) is 0 Å². The standard InChI is InChI=1S/C20H34O4/c1-3-21-16-17-23-15-9-14-22-12-7-8-13-24-18-19(2)20-10-5-4-6-11-20/h4-6,10-11,19H,3,7-9,12-18H2,1-2H3. The third-order valence-electron chi connectivity index (χ3n) is 3.72. The molecule has 1 rings (SSSR count). The molecule has 0 amide bonds. The first-order valence-corrected chi connectivity index (χ1v) is 9.20. The van der Waals surface area contributed by atoms with Gasteiger partial charge in [-0.1, -0.05) is 37.3 Å². The van der Waals surface area contributed by atoms with Gasteiger partial charge in [-0.3, -0.25) is 0 Å². The van der Waals surface area contributed by atoms with Gasteiger partial charge in [0.1, 0.15) is 0 Å². The van der Waals surface area contributed by atoms with Crippen LogP contribution in [0.2, 0.25) is 0 Å². The normalized spacial score (nSPS) is 12.4. The molecule has 4 heteroatoms. The molecule has 0 aliphatic rings. The zero-order valence-electron chi connectivity index (χ0n) is 15.4. The molecule has 0 aromatic heterocycles. The molecule has 0 radical (unpaired) electrons. The van der Waals surface area contributed by atoms with Gasteiger partial charge in [0.15, 0.2) is 0 Å². The number of hydrogen-bond acceptors (Lipinski definition) is 4. The second-order valence-electron chi connectivity index (χ2n) is 5.87. The summed E-state index contributed by atoms with van der Waals surface area (Å²) in [6, 6.07) is 10.5. The van der Waals surface area contributed by atoms with Gasteiger partial charge in [0.2, 0.25) is 0 Å². The van der Waals surface area contributed by atoms with Crippen LogP contribution in [0, 0.1) is 0 Å². The molecule has 1 unspecified atom stereocenters. The first-order valence-electron chi connectivity index (χ1n) is 9.20. The fourth-order valence-electron chi connectivity index (χ4n) is 2.28. The van der Waals surface area contributed by atoms with Crippen molar-refractivity contribution in [3.63, 3.8) is 0 Å². The maximum absolute atomic E-state index is 5.75. The van der Waals surface area contributed by atoms with Crippen LogP contribution in [0.25, 0.3) is 0 Å². The van der Waals surface area contributed by atoms with E-state index in [2.05, 4.69) is 31.2 Å². The van der Waals surface area contributed by atoms with E-state index in [-0.39, 0.29) is 0 Å². The van der Waals surface area contributed by atoms with Crippen LogP contribution < -0.4 is 0 Å². The monoisotopic (exact) mass is 338 g/mol. The SMILES string of the molecule is CCOCCOCCCOCCCCOCC(C)c1ccccc1. The Morgan fingerprint density at radius 2 is 1.29 bits per heavy atom. The minimum absolute atomic E-state index is 0.449. The molecule has 0 saturated carbocycles. The Morgan fingerprint density at radius 3 is 2.00 bits per heavy atom. The molecule has 0 bridgehead atoms. The molecule has 1 atom stereocenters. The molecular formula is C20H34O4. The van der Waals surface area contributed by atoms with Gasteiger partial charge in [-0.15, -0.1) is 0 Å². The van der Waals surface area contributed by atoms with Crippen molar-refractivity contribution in [3.8, 4) is 0 Å². The average Bonchev–Trinajstić information content (AvgIpc) is 2.62. The van der Waals surface area contributed by atoms with Gasteiger partial charge in [-0.2, -0.15) is 0 Å². The van der Waals surface area contributed by atoms with Gasteiger partial charge >= 0.3 is 0 Å². The van der Waals surface area contributed by atoms with Crippen LogP contribution in [-0.4, -0.2) is 52.9 Å². The summed E-state index contributed by atoms with van der Waals surface area (Å²) in [5, 5.41) is 0. The Labute approximate surface area is 147 Å². The van der Waals surface area contributed by atoms with Crippen LogP contribution in [0.5, 0.6) is 0 Å². The van der Waals surface area contributed by atoms with Crippen molar-refractivity contribution < 1.29 is 18.9 Å². The van der Waals surface area contributed by atoms with E-state index in [1.165, 1.54) is 5.56 Å². The lowest BCUT2D eigenvalue weighted by atomic mass is 10.0. The average molecular weight is 338 g/mol. The molecule has 0 aliphatic carbocycles. The zero-order valence-corrected chi connectivity index (χ0v) is 15.4. The van der Waals surface area contributed by atoms with Gasteiger partial charge in [0.05, 0.1) is 19.8 Å². The smallest absolute Gasteiger partial charge is 0.0700 e. The van der Waals surface area contributed by atoms with E-state index >= 15 is 0 Å². The van der Waals surface area contributed by atoms with E-state index in [1.54, 1.807) is 0 Å². The van der Waals surface area contributed by atoms with Gasteiger partial charge in [0, 0.05) is 39.0 Å². The van der Waals surface area contributed by atoms with E-state index in [4.69, 9.17) is 18.9 Å². The van der Waals surface area contributed by atoms with Crippen molar-refractivity contribution in [2.45, 2.75) is 39.0 Å². The maximum Gasteiger partial charge on any atom is 0.0700 e. The minimum Gasteiger partial charge on any atom is -0.381 e. The van der Waals surface area contributed by atoms with Gasteiger partial charge in [-0.25, -0.2) is 0 Å². The van der Waals surface area contributed by atoms with Crippen molar-refractivity contribution in [1.82, 2.24) is 0 Å². The Hall–Kier alpha value is -0.940. The molecule has 138 valence electrons. The molecule has 0 fully saturated rings. The van der Waals surface area contributed by atoms with Crippen LogP contribution in [0.15, 0.2) is 30.3 Å².